The van der Waals surface area contributed by atoms with Crippen molar-refractivity contribution in [3.63, 3.8) is 0 Å². The fraction of sp³-hybridized carbons (Fsp3) is 0.259. The Bertz CT molecular complexity index is 1320. The van der Waals surface area contributed by atoms with Crippen LogP contribution in [0.5, 0.6) is 0 Å². The maximum Gasteiger partial charge on any atom is 0.244 e. The van der Waals surface area contributed by atoms with Gasteiger partial charge in [-0.3, -0.25) is 13.9 Å². The van der Waals surface area contributed by atoms with Crippen LogP contribution in [0.2, 0.25) is 0 Å². The third-order valence-corrected chi connectivity index (χ3v) is 6.87. The van der Waals surface area contributed by atoms with Gasteiger partial charge in [-0.2, -0.15) is 0 Å². The number of halogens is 1. The topological polar surface area (TPSA) is 86.8 Å². The van der Waals surface area contributed by atoms with Crippen LogP contribution in [-0.2, 0) is 32.6 Å². The van der Waals surface area contributed by atoms with Crippen molar-refractivity contribution in [3.05, 3.63) is 101 Å². The molecular weight excluding hydrogens is 481 g/mol. The number of likely N-dealkylation sites (N-methyl/N-ethyl adjacent to an activating group) is 1. The van der Waals surface area contributed by atoms with Crippen molar-refractivity contribution in [1.29, 1.82) is 0 Å². The molecule has 1 N–H and O–H groups in total. The van der Waals surface area contributed by atoms with E-state index in [2.05, 4.69) is 5.32 Å². The van der Waals surface area contributed by atoms with Crippen molar-refractivity contribution >= 4 is 27.5 Å². The van der Waals surface area contributed by atoms with Crippen LogP contribution in [0.25, 0.3) is 0 Å². The zero-order chi connectivity index (χ0) is 26.3. The van der Waals surface area contributed by atoms with Crippen molar-refractivity contribution in [3.8, 4) is 0 Å². The van der Waals surface area contributed by atoms with Gasteiger partial charge in [0.05, 0.1) is 11.9 Å². The number of rotatable bonds is 10. The molecule has 0 saturated heterocycles. The summed E-state index contributed by atoms with van der Waals surface area (Å²) in [4.78, 5) is 28.2. The largest absolute Gasteiger partial charge is 0.357 e. The first-order chi connectivity index (χ1) is 17.1. The number of carbonyl (C=O) groups excluding carboxylic acids is 2. The predicted octanol–water partition coefficient (Wildman–Crippen LogP) is 3.29. The van der Waals surface area contributed by atoms with Crippen LogP contribution in [0.3, 0.4) is 0 Å². The van der Waals surface area contributed by atoms with Gasteiger partial charge in [-0.15, -0.1) is 0 Å². The molecule has 36 heavy (non-hydrogen) atoms. The molecule has 0 radical (unpaired) electrons. The van der Waals surface area contributed by atoms with E-state index >= 15 is 0 Å². The molecule has 9 heteroatoms. The molecule has 0 aromatic heterocycles. The Morgan fingerprint density at radius 3 is 2.22 bits per heavy atom. The molecule has 0 aliphatic carbocycles. The first-order valence-corrected chi connectivity index (χ1v) is 13.3. The van der Waals surface area contributed by atoms with Crippen molar-refractivity contribution in [1.82, 2.24) is 10.2 Å². The van der Waals surface area contributed by atoms with Crippen molar-refractivity contribution in [2.45, 2.75) is 25.9 Å². The minimum absolute atomic E-state index is 0.0286. The van der Waals surface area contributed by atoms with Crippen LogP contribution < -0.4 is 9.62 Å². The quantitative estimate of drug-likeness (QED) is 0.453. The lowest BCUT2D eigenvalue weighted by atomic mass is 10.0. The Kier molecular flexibility index (Phi) is 8.82. The second-order valence-corrected chi connectivity index (χ2v) is 10.5. The van der Waals surface area contributed by atoms with E-state index in [0.29, 0.717) is 0 Å². The molecule has 7 nitrogen and oxygen atoms in total. The summed E-state index contributed by atoms with van der Waals surface area (Å²) in [6.45, 7) is 1.42. The highest BCUT2D eigenvalue weighted by Gasteiger charge is 2.32. The predicted molar refractivity (Wildman–Crippen MR) is 138 cm³/mol. The van der Waals surface area contributed by atoms with Crippen LogP contribution in [-0.4, -0.2) is 51.0 Å². The molecule has 0 spiro atoms. The van der Waals surface area contributed by atoms with Crippen molar-refractivity contribution in [2.24, 2.45) is 0 Å². The molecular formula is C27H30FN3O4S. The average molecular weight is 512 g/mol. The number of anilines is 1. The van der Waals surface area contributed by atoms with Gasteiger partial charge in [-0.05, 0) is 36.2 Å². The van der Waals surface area contributed by atoms with Gasteiger partial charge in [0.25, 0.3) is 0 Å². The molecule has 0 saturated carbocycles. The minimum Gasteiger partial charge on any atom is -0.357 e. The highest BCUT2D eigenvalue weighted by molar-refractivity contribution is 7.92. The van der Waals surface area contributed by atoms with Crippen LogP contribution in [0.15, 0.2) is 78.9 Å². The number of carbonyl (C=O) groups is 2. The Morgan fingerprint density at radius 1 is 0.944 bits per heavy atom. The second-order valence-electron chi connectivity index (χ2n) is 8.58. The van der Waals surface area contributed by atoms with E-state index in [9.17, 15) is 22.4 Å². The molecule has 0 heterocycles. The molecule has 0 aliphatic rings. The Morgan fingerprint density at radius 2 is 1.61 bits per heavy atom. The Labute approximate surface area is 211 Å². The molecule has 0 unspecified atom stereocenters. The van der Waals surface area contributed by atoms with E-state index in [4.69, 9.17) is 0 Å². The Balaban J connectivity index is 2.03. The number of sulfonamides is 1. The molecule has 3 aromatic carbocycles. The van der Waals surface area contributed by atoms with Gasteiger partial charge in [-0.1, -0.05) is 66.2 Å². The summed E-state index contributed by atoms with van der Waals surface area (Å²) in [6, 6.07) is 20.9. The van der Waals surface area contributed by atoms with E-state index in [1.165, 1.54) is 30.1 Å². The molecule has 0 aliphatic heterocycles. The minimum atomic E-state index is -3.93. The third-order valence-electron chi connectivity index (χ3n) is 5.73. The van der Waals surface area contributed by atoms with Gasteiger partial charge in [-0.25, -0.2) is 12.8 Å². The average Bonchev–Trinajstić information content (AvgIpc) is 2.84. The van der Waals surface area contributed by atoms with Crippen molar-refractivity contribution < 1.29 is 22.4 Å². The molecule has 190 valence electrons. The number of nitrogens with zero attached hydrogens (tertiary/aromatic N) is 2. The summed E-state index contributed by atoms with van der Waals surface area (Å²) in [6.07, 6.45) is 1.19. The van der Waals surface area contributed by atoms with E-state index in [1.54, 1.807) is 0 Å². The summed E-state index contributed by atoms with van der Waals surface area (Å²) < 4.78 is 40.0. The van der Waals surface area contributed by atoms with E-state index in [-0.39, 0.29) is 24.6 Å². The van der Waals surface area contributed by atoms with Gasteiger partial charge in [0.1, 0.15) is 18.4 Å². The standard InChI is InChI=1S/C27H30FN3O4S/c1-20-9-7-12-22(15-20)18-30(25(27(33)29-2)16-21-10-5-4-6-11-21)26(32)19-31(36(3,34)35)24-14-8-13-23(28)17-24/h4-15,17,25H,16,18-19H2,1-3H3,(H,29,33)/t25-/m1/s1. The molecule has 0 fully saturated rings. The maximum absolute atomic E-state index is 13.9. The summed E-state index contributed by atoms with van der Waals surface area (Å²) >= 11 is 0. The van der Waals surface area contributed by atoms with Crippen molar-refractivity contribution in [2.75, 3.05) is 24.2 Å². The normalized spacial score (nSPS) is 12.0. The summed E-state index contributed by atoms with van der Waals surface area (Å²) in [5.74, 6) is -1.59. The second kappa shape index (κ2) is 11.8. The summed E-state index contributed by atoms with van der Waals surface area (Å²) in [5, 5.41) is 2.63. The maximum atomic E-state index is 13.9. The monoisotopic (exact) mass is 511 g/mol. The van der Waals surface area contributed by atoms with Crippen LogP contribution in [0.4, 0.5) is 10.1 Å². The number of amides is 2. The lowest BCUT2D eigenvalue weighted by Gasteiger charge is -2.33. The lowest BCUT2D eigenvalue weighted by Crippen LogP contribution is -2.52. The first kappa shape index (κ1) is 26.9. The number of hydrogen-bond donors (Lipinski definition) is 1. The third kappa shape index (κ3) is 7.14. The highest BCUT2D eigenvalue weighted by Crippen LogP contribution is 2.21. The zero-order valence-corrected chi connectivity index (χ0v) is 21.3. The molecule has 2 amide bonds. The fourth-order valence-corrected chi connectivity index (χ4v) is 4.81. The SMILES string of the molecule is CNC(=O)[C@@H](Cc1ccccc1)N(Cc1cccc(C)c1)C(=O)CN(c1cccc(F)c1)S(C)(=O)=O. The number of hydrogen-bond acceptors (Lipinski definition) is 4. The van der Waals surface area contributed by atoms with E-state index < -0.39 is 34.3 Å². The van der Waals surface area contributed by atoms with Crippen LogP contribution >= 0.6 is 0 Å². The van der Waals surface area contributed by atoms with Crippen LogP contribution in [0.1, 0.15) is 16.7 Å². The number of nitrogens with one attached hydrogen (secondary N) is 1. The number of aryl methyl sites for hydroxylation is 1. The molecule has 1 atom stereocenters. The van der Waals surface area contributed by atoms with Gasteiger partial charge in [0, 0.05) is 20.0 Å². The van der Waals surface area contributed by atoms with Crippen LogP contribution in [0, 0.1) is 12.7 Å². The smallest absolute Gasteiger partial charge is 0.244 e. The van der Waals surface area contributed by atoms with E-state index in [1.807, 2.05) is 61.5 Å². The van der Waals surface area contributed by atoms with Gasteiger partial charge in [0.2, 0.25) is 21.8 Å². The lowest BCUT2D eigenvalue weighted by molar-refractivity contribution is -0.139. The van der Waals surface area contributed by atoms with Gasteiger partial charge >= 0.3 is 0 Å². The molecule has 3 rings (SSSR count). The summed E-state index contributed by atoms with van der Waals surface area (Å²) in [7, 11) is -2.44. The van der Waals surface area contributed by atoms with Gasteiger partial charge < -0.3 is 10.2 Å². The summed E-state index contributed by atoms with van der Waals surface area (Å²) in [5.41, 5.74) is 2.65. The van der Waals surface area contributed by atoms with E-state index in [0.717, 1.165) is 33.3 Å². The first-order valence-electron chi connectivity index (χ1n) is 11.4. The highest BCUT2D eigenvalue weighted by atomic mass is 32.2. The Hall–Kier alpha value is -3.72. The molecule has 3 aromatic rings. The molecule has 0 bridgehead atoms. The zero-order valence-electron chi connectivity index (χ0n) is 20.5. The van der Waals surface area contributed by atoms with Gasteiger partial charge in [0.15, 0.2) is 0 Å². The number of benzene rings is 3. The fourth-order valence-electron chi connectivity index (χ4n) is 3.97.